The summed E-state index contributed by atoms with van der Waals surface area (Å²) in [6.07, 6.45) is 9.17. The number of fused-ring (bicyclic) bond motifs is 2. The summed E-state index contributed by atoms with van der Waals surface area (Å²) in [4.78, 5) is 31.6. The fourth-order valence-corrected chi connectivity index (χ4v) is 5.39. The first kappa shape index (κ1) is 34.4. The van der Waals surface area contributed by atoms with Gasteiger partial charge in [-0.15, -0.1) is 0 Å². The number of hydrogen-bond donors (Lipinski definition) is 1. The lowest BCUT2D eigenvalue weighted by Gasteiger charge is -2.27. The molecule has 1 N–H and O–H groups in total. The van der Waals surface area contributed by atoms with Crippen LogP contribution in [0.2, 0.25) is 0 Å². The van der Waals surface area contributed by atoms with E-state index < -0.39 is 17.5 Å². The maximum absolute atomic E-state index is 14.5. The Morgan fingerprint density at radius 1 is 0.679 bits per heavy atom. The zero-order valence-corrected chi connectivity index (χ0v) is 28.8. The van der Waals surface area contributed by atoms with Crippen LogP contribution in [-0.2, 0) is 4.74 Å². The number of ether oxygens (including phenoxy) is 1. The first-order valence-electron chi connectivity index (χ1n) is 16.4. The highest BCUT2D eigenvalue weighted by atomic mass is 19.1. The van der Waals surface area contributed by atoms with Gasteiger partial charge in [0, 0.05) is 65.9 Å². The van der Waals surface area contributed by atoms with Crippen molar-refractivity contribution in [3.63, 3.8) is 0 Å². The molecule has 0 atom stereocenters. The molecule has 53 heavy (non-hydrogen) atoms. The predicted octanol–water partition coefficient (Wildman–Crippen LogP) is 8.68. The van der Waals surface area contributed by atoms with Crippen LogP contribution in [0.1, 0.15) is 20.8 Å². The largest absolute Gasteiger partial charge is 0.443 e. The average molecular weight is 711 g/mol. The van der Waals surface area contributed by atoms with Gasteiger partial charge in [0.2, 0.25) is 0 Å². The topological polar surface area (TPSA) is 128 Å². The minimum Gasteiger partial charge on any atom is -0.443 e. The van der Waals surface area contributed by atoms with Crippen LogP contribution in [-0.4, -0.2) is 50.9 Å². The van der Waals surface area contributed by atoms with Crippen LogP contribution in [0.25, 0.3) is 33.8 Å². The normalized spacial score (nSPS) is 11.2. The summed E-state index contributed by atoms with van der Waals surface area (Å²) in [5, 5.41) is 11.8. The maximum atomic E-state index is 14.5. The van der Waals surface area contributed by atoms with E-state index in [4.69, 9.17) is 4.74 Å². The first-order valence-corrected chi connectivity index (χ1v) is 16.4. The van der Waals surface area contributed by atoms with Crippen LogP contribution in [0.4, 0.5) is 36.6 Å². The lowest BCUT2D eigenvalue weighted by atomic mass is 10.1. The van der Waals surface area contributed by atoms with Crippen molar-refractivity contribution in [3.8, 4) is 22.5 Å². The molecular weight excluding hydrogens is 678 g/mol. The van der Waals surface area contributed by atoms with Crippen molar-refractivity contribution in [1.29, 1.82) is 0 Å². The molecule has 0 aliphatic rings. The van der Waals surface area contributed by atoms with Gasteiger partial charge in [-0.05, 0) is 69.3 Å². The number of nitrogens with one attached hydrogen (secondary N) is 1. The van der Waals surface area contributed by atoms with Gasteiger partial charge >= 0.3 is 6.09 Å². The van der Waals surface area contributed by atoms with Crippen LogP contribution < -0.4 is 10.2 Å². The lowest BCUT2D eigenvalue weighted by molar-refractivity contribution is 0.0597. The van der Waals surface area contributed by atoms with Gasteiger partial charge in [-0.2, -0.15) is 19.2 Å². The molecule has 1 amide bonds. The van der Waals surface area contributed by atoms with Gasteiger partial charge in [0.25, 0.3) is 0 Å². The van der Waals surface area contributed by atoms with Crippen molar-refractivity contribution in [3.05, 3.63) is 146 Å². The highest BCUT2D eigenvalue weighted by Crippen LogP contribution is 2.32. The van der Waals surface area contributed by atoms with E-state index in [-0.39, 0.29) is 5.82 Å². The van der Waals surface area contributed by atoms with Crippen molar-refractivity contribution in [2.24, 2.45) is 0 Å². The standard InChI is InChI=1S/C22H20FN5O2.C17H12FN5/c1-22(2,3)30-21(29)27(15-8-11-24-12-9-15)20-14-18(16-6-4-5-7-17(16)23)26-19-10-13-25-28(19)20;18-14-4-2-1-3-13(14)15-11-17(21-12-5-8-19-9-6-12)23-16(22-15)7-10-20-23/h4-14H,1-3H3;1-11H,(H,19,21). The van der Waals surface area contributed by atoms with Gasteiger partial charge in [0.15, 0.2) is 11.3 Å². The zero-order chi connectivity index (χ0) is 37.0. The molecule has 8 rings (SSSR count). The Kier molecular flexibility index (Phi) is 9.49. The molecular formula is C39H32F2N10O2. The van der Waals surface area contributed by atoms with E-state index in [0.29, 0.717) is 51.1 Å². The number of nitrogens with zero attached hydrogens (tertiary/aromatic N) is 9. The van der Waals surface area contributed by atoms with Crippen molar-refractivity contribution < 1.29 is 18.3 Å². The molecule has 8 aromatic rings. The van der Waals surface area contributed by atoms with Gasteiger partial charge in [-0.3, -0.25) is 9.97 Å². The van der Waals surface area contributed by atoms with Crippen LogP contribution in [0, 0.1) is 11.6 Å². The number of anilines is 4. The monoisotopic (exact) mass is 710 g/mol. The number of halogens is 2. The van der Waals surface area contributed by atoms with Crippen molar-refractivity contribution >= 4 is 40.4 Å². The molecule has 0 aliphatic carbocycles. The number of rotatable bonds is 6. The van der Waals surface area contributed by atoms with Crippen molar-refractivity contribution in [1.82, 2.24) is 39.2 Å². The molecule has 0 aliphatic heterocycles. The van der Waals surface area contributed by atoms with E-state index in [9.17, 15) is 13.6 Å². The molecule has 6 aromatic heterocycles. The molecule has 12 nitrogen and oxygen atoms in total. The SMILES string of the molecule is CC(C)(C)OC(=O)N(c1ccncc1)c1cc(-c2ccccc2F)nc2ccnn12.Fc1ccccc1-c1cc(Nc2ccncc2)n2nccc2n1. The predicted molar refractivity (Wildman–Crippen MR) is 197 cm³/mol. The fourth-order valence-electron chi connectivity index (χ4n) is 5.39. The average Bonchev–Trinajstić information content (AvgIpc) is 3.83. The highest BCUT2D eigenvalue weighted by molar-refractivity contribution is 5.96. The van der Waals surface area contributed by atoms with E-state index in [1.54, 1.807) is 135 Å². The Balaban J connectivity index is 0.000000170. The zero-order valence-electron chi connectivity index (χ0n) is 28.8. The van der Waals surface area contributed by atoms with Crippen LogP contribution >= 0.6 is 0 Å². The number of pyridine rings is 2. The Bertz CT molecular complexity index is 2520. The third-order valence-corrected chi connectivity index (χ3v) is 7.68. The molecule has 6 heterocycles. The van der Waals surface area contributed by atoms with Gasteiger partial charge in [0.05, 0.1) is 29.5 Å². The van der Waals surface area contributed by atoms with Gasteiger partial charge in [-0.1, -0.05) is 24.3 Å². The second-order valence-electron chi connectivity index (χ2n) is 12.6. The second-order valence-corrected chi connectivity index (χ2v) is 12.6. The highest BCUT2D eigenvalue weighted by Gasteiger charge is 2.28. The van der Waals surface area contributed by atoms with Crippen LogP contribution in [0.5, 0.6) is 0 Å². The minimum atomic E-state index is -0.715. The Labute approximate surface area is 302 Å². The molecule has 0 unspecified atom stereocenters. The number of benzene rings is 2. The fraction of sp³-hybridized carbons (Fsp3) is 0.103. The van der Waals surface area contributed by atoms with E-state index in [2.05, 4.69) is 35.5 Å². The number of carbonyl (C=O) groups excluding carboxylic acids is 1. The Morgan fingerprint density at radius 3 is 1.79 bits per heavy atom. The Hall–Kier alpha value is -7.09. The summed E-state index contributed by atoms with van der Waals surface area (Å²) in [5.74, 6) is 0.347. The van der Waals surface area contributed by atoms with Gasteiger partial charge < -0.3 is 10.1 Å². The van der Waals surface area contributed by atoms with E-state index in [1.807, 2.05) is 12.1 Å². The molecule has 0 radical (unpaired) electrons. The molecule has 0 fully saturated rings. The lowest BCUT2D eigenvalue weighted by Crippen LogP contribution is -2.35. The third-order valence-electron chi connectivity index (χ3n) is 7.68. The number of carbonyl (C=O) groups is 1. The Morgan fingerprint density at radius 2 is 1.21 bits per heavy atom. The smallest absolute Gasteiger partial charge is 0.420 e. The molecule has 264 valence electrons. The molecule has 0 spiro atoms. The van der Waals surface area contributed by atoms with Gasteiger partial charge in [0.1, 0.15) is 28.9 Å². The molecule has 0 saturated heterocycles. The van der Waals surface area contributed by atoms with E-state index >= 15 is 0 Å². The molecule has 2 aromatic carbocycles. The minimum absolute atomic E-state index is 0.307. The summed E-state index contributed by atoms with van der Waals surface area (Å²) in [7, 11) is 0. The molecule has 14 heteroatoms. The molecule has 0 saturated carbocycles. The summed E-state index contributed by atoms with van der Waals surface area (Å²) in [6.45, 7) is 5.36. The van der Waals surface area contributed by atoms with E-state index in [0.717, 1.165) is 5.69 Å². The summed E-state index contributed by atoms with van der Waals surface area (Å²) in [5.41, 5.74) is 3.48. The van der Waals surface area contributed by atoms with E-state index in [1.165, 1.54) is 21.5 Å². The molecule has 0 bridgehead atoms. The second kappa shape index (κ2) is 14.6. The summed E-state index contributed by atoms with van der Waals surface area (Å²) >= 11 is 0. The first-order chi connectivity index (χ1) is 25.6. The van der Waals surface area contributed by atoms with Crippen LogP contribution in [0.15, 0.2) is 134 Å². The van der Waals surface area contributed by atoms with Crippen molar-refractivity contribution in [2.45, 2.75) is 26.4 Å². The number of hydrogen-bond acceptors (Lipinski definition) is 9. The number of aromatic nitrogens is 8. The quantitative estimate of drug-likeness (QED) is 0.180. The number of amides is 1. The van der Waals surface area contributed by atoms with Gasteiger partial charge in [-0.25, -0.2) is 28.4 Å². The third kappa shape index (κ3) is 7.66. The summed E-state index contributed by atoms with van der Waals surface area (Å²) < 4.78 is 37.3. The van der Waals surface area contributed by atoms with Crippen LogP contribution in [0.3, 0.4) is 0 Å². The summed E-state index contributed by atoms with van der Waals surface area (Å²) in [6, 6.07) is 26.8. The maximum Gasteiger partial charge on any atom is 0.420 e. The van der Waals surface area contributed by atoms with Crippen molar-refractivity contribution in [2.75, 3.05) is 10.2 Å².